The van der Waals surface area contributed by atoms with Gasteiger partial charge in [-0.05, 0) is 6.07 Å². The SMILES string of the molecule is [NH]C(=O)CNc1csc2ccccc12. The van der Waals surface area contributed by atoms with Gasteiger partial charge in [-0.1, -0.05) is 18.2 Å². The van der Waals surface area contributed by atoms with E-state index in [4.69, 9.17) is 5.73 Å². The highest BCUT2D eigenvalue weighted by atomic mass is 32.1. The minimum Gasteiger partial charge on any atom is -0.375 e. The first-order valence-corrected chi connectivity index (χ1v) is 5.10. The average molecular weight is 205 g/mol. The topological polar surface area (TPSA) is 52.9 Å². The third-order valence-electron chi connectivity index (χ3n) is 1.92. The molecule has 1 aromatic carbocycles. The first-order valence-electron chi connectivity index (χ1n) is 4.22. The van der Waals surface area contributed by atoms with Crippen LogP contribution in [0.5, 0.6) is 0 Å². The van der Waals surface area contributed by atoms with E-state index in [9.17, 15) is 4.79 Å². The summed E-state index contributed by atoms with van der Waals surface area (Å²) in [6.45, 7) is 0.0702. The second kappa shape index (κ2) is 3.67. The van der Waals surface area contributed by atoms with E-state index in [0.29, 0.717) is 0 Å². The Balaban J connectivity index is 2.29. The maximum atomic E-state index is 10.5. The van der Waals surface area contributed by atoms with Gasteiger partial charge in [0.15, 0.2) is 0 Å². The second-order valence-corrected chi connectivity index (χ2v) is 3.83. The molecule has 3 nitrogen and oxygen atoms in total. The van der Waals surface area contributed by atoms with Gasteiger partial charge in [0.25, 0.3) is 5.91 Å². The van der Waals surface area contributed by atoms with Crippen molar-refractivity contribution in [2.24, 2.45) is 0 Å². The lowest BCUT2D eigenvalue weighted by Gasteiger charge is -2.00. The van der Waals surface area contributed by atoms with Gasteiger partial charge in [-0.15, -0.1) is 11.3 Å². The van der Waals surface area contributed by atoms with E-state index in [0.717, 1.165) is 11.1 Å². The molecule has 0 saturated carbocycles. The van der Waals surface area contributed by atoms with E-state index in [-0.39, 0.29) is 6.54 Å². The summed E-state index contributed by atoms with van der Waals surface area (Å²) in [5.74, 6) is -0.597. The normalized spacial score (nSPS) is 10.3. The smallest absolute Gasteiger partial charge is 0.257 e. The molecule has 14 heavy (non-hydrogen) atoms. The number of amides is 1. The zero-order chi connectivity index (χ0) is 9.97. The number of fused-ring (bicyclic) bond motifs is 1. The van der Waals surface area contributed by atoms with Crippen molar-refractivity contribution in [3.8, 4) is 0 Å². The molecule has 0 bridgehead atoms. The van der Waals surface area contributed by atoms with Crippen molar-refractivity contribution >= 4 is 33.0 Å². The molecule has 0 unspecified atom stereocenters. The highest BCUT2D eigenvalue weighted by molar-refractivity contribution is 7.17. The summed E-state index contributed by atoms with van der Waals surface area (Å²) >= 11 is 1.63. The summed E-state index contributed by atoms with van der Waals surface area (Å²) in [7, 11) is 0. The largest absolute Gasteiger partial charge is 0.375 e. The standard InChI is InChI=1S/C10H9N2OS/c11-10(13)5-12-8-6-14-9-4-2-1-3-7(8)9/h1-4,6,11-12H,5H2. The number of nitrogens with one attached hydrogen (secondary N) is 2. The minimum absolute atomic E-state index is 0.0702. The van der Waals surface area contributed by atoms with Gasteiger partial charge in [0.05, 0.1) is 12.2 Å². The molecule has 1 heterocycles. The molecule has 4 heteroatoms. The van der Waals surface area contributed by atoms with Crippen LogP contribution in [0.2, 0.25) is 0 Å². The fraction of sp³-hybridized carbons (Fsp3) is 0.100. The number of anilines is 1. The summed E-state index contributed by atoms with van der Waals surface area (Å²) in [4.78, 5) is 10.5. The van der Waals surface area contributed by atoms with Crippen LogP contribution in [0, 0.1) is 0 Å². The van der Waals surface area contributed by atoms with Gasteiger partial charge in [-0.3, -0.25) is 10.5 Å². The van der Waals surface area contributed by atoms with Gasteiger partial charge >= 0.3 is 0 Å². The highest BCUT2D eigenvalue weighted by Gasteiger charge is 2.03. The highest BCUT2D eigenvalue weighted by Crippen LogP contribution is 2.29. The Labute approximate surface area is 85.5 Å². The van der Waals surface area contributed by atoms with Crippen molar-refractivity contribution in [2.75, 3.05) is 11.9 Å². The lowest BCUT2D eigenvalue weighted by molar-refractivity contribution is -0.117. The predicted molar refractivity (Wildman–Crippen MR) is 58.4 cm³/mol. The lowest BCUT2D eigenvalue weighted by Crippen LogP contribution is -2.13. The third-order valence-corrected chi connectivity index (χ3v) is 2.88. The first-order chi connectivity index (χ1) is 6.77. The molecule has 0 aliphatic rings. The molecule has 1 aromatic heterocycles. The maximum Gasteiger partial charge on any atom is 0.257 e. The number of hydrogen-bond donors (Lipinski definition) is 1. The Morgan fingerprint density at radius 2 is 2.21 bits per heavy atom. The van der Waals surface area contributed by atoms with E-state index in [1.165, 1.54) is 4.70 Å². The quantitative estimate of drug-likeness (QED) is 0.834. The summed E-state index contributed by atoms with van der Waals surface area (Å²) in [6.07, 6.45) is 0. The van der Waals surface area contributed by atoms with Gasteiger partial charge in [0.2, 0.25) is 0 Å². The Morgan fingerprint density at radius 3 is 3.00 bits per heavy atom. The van der Waals surface area contributed by atoms with E-state index in [2.05, 4.69) is 5.32 Å². The molecular formula is C10H9N2OS. The van der Waals surface area contributed by atoms with E-state index in [1.54, 1.807) is 11.3 Å². The van der Waals surface area contributed by atoms with Crippen LogP contribution in [0.15, 0.2) is 29.6 Å². The average Bonchev–Trinajstić information content (AvgIpc) is 2.58. The summed E-state index contributed by atoms with van der Waals surface area (Å²) in [6, 6.07) is 7.98. The third kappa shape index (κ3) is 1.70. The van der Waals surface area contributed by atoms with Crippen molar-refractivity contribution in [1.82, 2.24) is 5.73 Å². The van der Waals surface area contributed by atoms with Gasteiger partial charge in [0, 0.05) is 15.5 Å². The van der Waals surface area contributed by atoms with Gasteiger partial charge in [-0.2, -0.15) is 0 Å². The fourth-order valence-electron chi connectivity index (χ4n) is 1.29. The summed E-state index contributed by atoms with van der Waals surface area (Å²) < 4.78 is 1.19. The van der Waals surface area contributed by atoms with Crippen LogP contribution in [0.3, 0.4) is 0 Å². The second-order valence-electron chi connectivity index (χ2n) is 2.92. The van der Waals surface area contributed by atoms with Crippen LogP contribution in [-0.4, -0.2) is 12.5 Å². The number of rotatable bonds is 3. The maximum absolute atomic E-state index is 10.5. The zero-order valence-corrected chi connectivity index (χ0v) is 8.23. The van der Waals surface area contributed by atoms with Gasteiger partial charge in [-0.25, -0.2) is 0 Å². The number of carbonyl (C=O) groups excluding carboxylic acids is 1. The molecule has 71 valence electrons. The molecule has 0 saturated heterocycles. The Bertz CT molecular complexity index is 464. The minimum atomic E-state index is -0.597. The van der Waals surface area contributed by atoms with Crippen LogP contribution in [0.1, 0.15) is 0 Å². The summed E-state index contributed by atoms with van der Waals surface area (Å²) in [5, 5.41) is 6.02. The van der Waals surface area contributed by atoms with Crippen LogP contribution >= 0.6 is 11.3 Å². The van der Waals surface area contributed by atoms with Crippen molar-refractivity contribution in [2.45, 2.75) is 0 Å². The number of hydrogen-bond acceptors (Lipinski definition) is 3. The Morgan fingerprint density at radius 1 is 1.43 bits per heavy atom. The van der Waals surface area contributed by atoms with Crippen LogP contribution < -0.4 is 11.1 Å². The number of benzene rings is 1. The van der Waals surface area contributed by atoms with E-state index in [1.807, 2.05) is 29.6 Å². The lowest BCUT2D eigenvalue weighted by atomic mass is 10.2. The number of carbonyl (C=O) groups is 1. The first kappa shape index (κ1) is 9.02. The summed E-state index contributed by atoms with van der Waals surface area (Å²) in [5.41, 5.74) is 7.73. The fourth-order valence-corrected chi connectivity index (χ4v) is 2.21. The molecule has 0 aliphatic heterocycles. The van der Waals surface area contributed by atoms with E-state index >= 15 is 0 Å². The molecule has 2 N–H and O–H groups in total. The van der Waals surface area contributed by atoms with E-state index < -0.39 is 5.91 Å². The monoisotopic (exact) mass is 205 g/mol. The molecule has 0 aliphatic carbocycles. The van der Waals surface area contributed by atoms with Crippen molar-refractivity contribution in [3.63, 3.8) is 0 Å². The molecule has 0 spiro atoms. The van der Waals surface area contributed by atoms with Crippen LogP contribution in [0.25, 0.3) is 10.1 Å². The molecule has 2 rings (SSSR count). The Hall–Kier alpha value is -1.55. The molecule has 1 amide bonds. The molecule has 1 radical (unpaired) electrons. The molecule has 0 fully saturated rings. The van der Waals surface area contributed by atoms with Gasteiger partial charge < -0.3 is 5.32 Å². The van der Waals surface area contributed by atoms with Crippen LogP contribution in [-0.2, 0) is 4.79 Å². The molecular weight excluding hydrogens is 196 g/mol. The predicted octanol–water partition coefficient (Wildman–Crippen LogP) is 2.12. The van der Waals surface area contributed by atoms with Crippen molar-refractivity contribution in [3.05, 3.63) is 29.6 Å². The Kier molecular flexibility index (Phi) is 2.37. The van der Waals surface area contributed by atoms with Gasteiger partial charge in [0.1, 0.15) is 0 Å². The van der Waals surface area contributed by atoms with Crippen LogP contribution in [0.4, 0.5) is 5.69 Å². The number of thiophene rings is 1. The molecule has 2 aromatic rings. The molecule has 0 atom stereocenters. The van der Waals surface area contributed by atoms with Crippen molar-refractivity contribution < 1.29 is 4.79 Å². The van der Waals surface area contributed by atoms with Crippen molar-refractivity contribution in [1.29, 1.82) is 0 Å². The zero-order valence-electron chi connectivity index (χ0n) is 7.41.